The summed E-state index contributed by atoms with van der Waals surface area (Å²) in [5, 5.41) is 9.30. The second kappa shape index (κ2) is 10.4. The van der Waals surface area contributed by atoms with E-state index in [-0.39, 0.29) is 5.91 Å². The molecule has 2 aromatic carbocycles. The average Bonchev–Trinajstić information content (AvgIpc) is 3.53. The first-order valence-electron chi connectivity index (χ1n) is 11.8. The third kappa shape index (κ3) is 5.08. The van der Waals surface area contributed by atoms with Gasteiger partial charge in [0.15, 0.2) is 10.9 Å². The average molecular weight is 505 g/mol. The predicted molar refractivity (Wildman–Crippen MR) is 138 cm³/mol. The van der Waals surface area contributed by atoms with E-state index in [1.165, 1.54) is 18.0 Å². The lowest BCUT2D eigenvalue weighted by atomic mass is 10.2. The number of amides is 1. The molecule has 186 valence electrons. The molecule has 3 heterocycles. The van der Waals surface area contributed by atoms with E-state index in [1.807, 2.05) is 52.8 Å². The Balaban J connectivity index is 1.19. The van der Waals surface area contributed by atoms with Gasteiger partial charge in [-0.25, -0.2) is 4.98 Å². The van der Waals surface area contributed by atoms with Crippen LogP contribution in [0.15, 0.2) is 64.4 Å². The highest BCUT2D eigenvalue weighted by atomic mass is 32.2. The van der Waals surface area contributed by atoms with Crippen LogP contribution in [-0.4, -0.2) is 63.8 Å². The molecule has 1 aliphatic rings. The number of piperazine rings is 1. The summed E-state index contributed by atoms with van der Waals surface area (Å²) in [6, 6.07) is 16.2. The molecule has 1 fully saturated rings. The number of aromatic nitrogens is 4. The van der Waals surface area contributed by atoms with Gasteiger partial charge in [0.05, 0.1) is 12.9 Å². The van der Waals surface area contributed by atoms with E-state index in [1.54, 1.807) is 7.11 Å². The lowest BCUT2D eigenvalue weighted by molar-refractivity contribution is 0.0741. The van der Waals surface area contributed by atoms with Crippen LogP contribution < -0.4 is 9.64 Å². The monoisotopic (exact) mass is 504 g/mol. The topological polar surface area (TPSA) is 89.5 Å². The standard InChI is InChI=1S/C26H28N6O3S/c1-18-5-4-6-21(15-18)32-19(2)28-29-26(32)36-17-24-27-23(16-35-24)25(33)31-13-11-30(12-14-31)20-7-9-22(34-3)10-8-20/h4-10,15-16H,11-14,17H2,1-3H3. The van der Waals surface area contributed by atoms with Crippen LogP contribution in [0.25, 0.3) is 5.69 Å². The van der Waals surface area contributed by atoms with Gasteiger partial charge in [-0.05, 0) is 55.8 Å². The molecule has 0 atom stereocenters. The summed E-state index contributed by atoms with van der Waals surface area (Å²) in [4.78, 5) is 21.6. The fraction of sp³-hybridized carbons (Fsp3) is 0.308. The Kier molecular flexibility index (Phi) is 6.95. The van der Waals surface area contributed by atoms with Crippen molar-refractivity contribution in [3.63, 3.8) is 0 Å². The van der Waals surface area contributed by atoms with Gasteiger partial charge in [0.1, 0.15) is 17.8 Å². The lowest BCUT2D eigenvalue weighted by Gasteiger charge is -2.35. The number of benzene rings is 2. The summed E-state index contributed by atoms with van der Waals surface area (Å²) in [5.74, 6) is 2.46. The smallest absolute Gasteiger partial charge is 0.275 e. The third-order valence-corrected chi connectivity index (χ3v) is 7.07. The van der Waals surface area contributed by atoms with Crippen LogP contribution in [0.4, 0.5) is 5.69 Å². The van der Waals surface area contributed by atoms with Gasteiger partial charge in [0.2, 0.25) is 5.89 Å². The van der Waals surface area contributed by atoms with Gasteiger partial charge in [-0.2, -0.15) is 0 Å². The second-order valence-corrected chi connectivity index (χ2v) is 9.54. The molecule has 0 saturated carbocycles. The van der Waals surface area contributed by atoms with Crippen molar-refractivity contribution < 1.29 is 13.9 Å². The van der Waals surface area contributed by atoms with Crippen molar-refractivity contribution in [3.05, 3.63) is 77.8 Å². The van der Waals surface area contributed by atoms with E-state index in [2.05, 4.69) is 39.1 Å². The molecule has 0 N–H and O–H groups in total. The Labute approximate surface area is 214 Å². The number of nitrogens with zero attached hydrogens (tertiary/aromatic N) is 6. The van der Waals surface area contributed by atoms with Gasteiger partial charge in [-0.1, -0.05) is 23.9 Å². The Morgan fingerprint density at radius 1 is 1.03 bits per heavy atom. The molecule has 1 saturated heterocycles. The molecule has 9 nitrogen and oxygen atoms in total. The number of hydrogen-bond donors (Lipinski definition) is 0. The van der Waals surface area contributed by atoms with Crippen LogP contribution in [0, 0.1) is 13.8 Å². The zero-order valence-corrected chi connectivity index (χ0v) is 21.4. The van der Waals surface area contributed by atoms with Crippen LogP contribution in [-0.2, 0) is 5.75 Å². The number of anilines is 1. The molecule has 0 spiro atoms. The maximum Gasteiger partial charge on any atom is 0.275 e. The van der Waals surface area contributed by atoms with Crippen molar-refractivity contribution in [2.75, 3.05) is 38.2 Å². The minimum Gasteiger partial charge on any atom is -0.497 e. The van der Waals surface area contributed by atoms with E-state index >= 15 is 0 Å². The summed E-state index contributed by atoms with van der Waals surface area (Å²) >= 11 is 1.48. The number of hydrogen-bond acceptors (Lipinski definition) is 8. The number of ether oxygens (including phenoxy) is 1. The molecule has 0 radical (unpaired) electrons. The SMILES string of the molecule is COc1ccc(N2CCN(C(=O)c3coc(CSc4nnc(C)n4-c4cccc(C)c4)n3)CC2)cc1. The Morgan fingerprint density at radius 2 is 1.81 bits per heavy atom. The number of rotatable bonds is 7. The van der Waals surface area contributed by atoms with Crippen molar-refractivity contribution in [1.29, 1.82) is 0 Å². The Bertz CT molecular complexity index is 1340. The molecule has 36 heavy (non-hydrogen) atoms. The van der Waals surface area contributed by atoms with Gasteiger partial charge < -0.3 is 19.0 Å². The number of methoxy groups -OCH3 is 1. The van der Waals surface area contributed by atoms with E-state index < -0.39 is 0 Å². The van der Waals surface area contributed by atoms with Crippen molar-refractivity contribution in [1.82, 2.24) is 24.6 Å². The number of aryl methyl sites for hydroxylation is 2. The largest absolute Gasteiger partial charge is 0.497 e. The quantitative estimate of drug-likeness (QED) is 0.347. The molecular weight excluding hydrogens is 476 g/mol. The van der Waals surface area contributed by atoms with E-state index in [0.29, 0.717) is 30.4 Å². The summed E-state index contributed by atoms with van der Waals surface area (Å²) in [6.45, 7) is 6.75. The zero-order chi connectivity index (χ0) is 25.1. The molecule has 10 heteroatoms. The van der Waals surface area contributed by atoms with Crippen LogP contribution in [0.2, 0.25) is 0 Å². The van der Waals surface area contributed by atoms with Gasteiger partial charge in [0.25, 0.3) is 5.91 Å². The molecule has 5 rings (SSSR count). The van der Waals surface area contributed by atoms with Crippen LogP contribution in [0.3, 0.4) is 0 Å². The van der Waals surface area contributed by atoms with Crippen LogP contribution >= 0.6 is 11.8 Å². The number of carbonyl (C=O) groups excluding carboxylic acids is 1. The first-order chi connectivity index (χ1) is 17.5. The highest BCUT2D eigenvalue weighted by molar-refractivity contribution is 7.98. The minimum absolute atomic E-state index is 0.108. The van der Waals surface area contributed by atoms with E-state index in [9.17, 15) is 4.79 Å². The Morgan fingerprint density at radius 3 is 2.53 bits per heavy atom. The molecule has 4 aromatic rings. The van der Waals surface area contributed by atoms with E-state index in [0.717, 1.165) is 46.8 Å². The molecular formula is C26H28N6O3S. The third-order valence-electron chi connectivity index (χ3n) is 6.16. The van der Waals surface area contributed by atoms with Gasteiger partial charge >= 0.3 is 0 Å². The van der Waals surface area contributed by atoms with Crippen molar-refractivity contribution in [2.24, 2.45) is 0 Å². The molecule has 1 amide bonds. The van der Waals surface area contributed by atoms with Crippen molar-refractivity contribution in [3.8, 4) is 11.4 Å². The lowest BCUT2D eigenvalue weighted by Crippen LogP contribution is -2.48. The van der Waals surface area contributed by atoms with Gasteiger partial charge in [-0.3, -0.25) is 9.36 Å². The van der Waals surface area contributed by atoms with Gasteiger partial charge in [-0.15, -0.1) is 10.2 Å². The molecule has 2 aromatic heterocycles. The highest BCUT2D eigenvalue weighted by Gasteiger charge is 2.25. The highest BCUT2D eigenvalue weighted by Crippen LogP contribution is 2.26. The van der Waals surface area contributed by atoms with Crippen molar-refractivity contribution >= 4 is 23.4 Å². The Hall–Kier alpha value is -3.79. The first-order valence-corrected chi connectivity index (χ1v) is 12.7. The normalized spacial score (nSPS) is 13.8. The van der Waals surface area contributed by atoms with Crippen molar-refractivity contribution in [2.45, 2.75) is 24.8 Å². The predicted octanol–water partition coefficient (Wildman–Crippen LogP) is 4.14. The number of carbonyl (C=O) groups is 1. The minimum atomic E-state index is -0.108. The summed E-state index contributed by atoms with van der Waals surface area (Å²) in [5.41, 5.74) is 3.63. The summed E-state index contributed by atoms with van der Waals surface area (Å²) < 4.78 is 12.9. The van der Waals surface area contributed by atoms with Crippen LogP contribution in [0.5, 0.6) is 5.75 Å². The number of oxazole rings is 1. The zero-order valence-electron chi connectivity index (χ0n) is 20.5. The fourth-order valence-corrected chi connectivity index (χ4v) is 5.08. The second-order valence-electron chi connectivity index (χ2n) is 8.60. The maximum atomic E-state index is 13.0. The van der Waals surface area contributed by atoms with Gasteiger partial charge in [0, 0.05) is 37.6 Å². The molecule has 0 unspecified atom stereocenters. The van der Waals surface area contributed by atoms with Crippen LogP contribution in [0.1, 0.15) is 27.8 Å². The maximum absolute atomic E-state index is 13.0. The molecule has 0 bridgehead atoms. The molecule has 1 aliphatic heterocycles. The summed E-state index contributed by atoms with van der Waals surface area (Å²) in [6.07, 6.45) is 1.45. The fourth-order valence-electron chi connectivity index (χ4n) is 4.23. The first kappa shape index (κ1) is 23.9. The summed E-state index contributed by atoms with van der Waals surface area (Å²) in [7, 11) is 1.66. The number of thioether (sulfide) groups is 1. The van der Waals surface area contributed by atoms with E-state index in [4.69, 9.17) is 9.15 Å². The molecule has 0 aliphatic carbocycles.